The molecule has 2 aromatic rings. The summed E-state index contributed by atoms with van der Waals surface area (Å²) in [5, 5.41) is 18.2. The Hall–Kier alpha value is -1.27. The van der Waals surface area contributed by atoms with Crippen molar-refractivity contribution in [1.82, 2.24) is 0 Å². The molecule has 2 rings (SSSR count). The van der Waals surface area contributed by atoms with Crippen molar-refractivity contribution in [3.63, 3.8) is 0 Å². The quantitative estimate of drug-likeness (QED) is 0.491. The lowest BCUT2D eigenvalue weighted by Gasteiger charge is -2.27. The predicted molar refractivity (Wildman–Crippen MR) is 117 cm³/mol. The molecule has 0 bridgehead atoms. The lowest BCUT2D eigenvalue weighted by molar-refractivity contribution is 0.0536. The molecule has 0 saturated carbocycles. The van der Waals surface area contributed by atoms with Crippen LogP contribution in [0.25, 0.3) is 0 Å². The summed E-state index contributed by atoms with van der Waals surface area (Å²) in [6.07, 6.45) is -0.873. The van der Waals surface area contributed by atoms with Gasteiger partial charge in [0.15, 0.2) is 0 Å². The number of ether oxygens (including phenoxy) is 2. The fraction of sp³-hybridized carbons (Fsp3) is 0.455. The van der Waals surface area contributed by atoms with Gasteiger partial charge < -0.3 is 19.7 Å². The summed E-state index contributed by atoms with van der Waals surface area (Å²) >= 11 is 9.45. The molecule has 28 heavy (non-hydrogen) atoms. The van der Waals surface area contributed by atoms with Crippen LogP contribution in [0.4, 0.5) is 0 Å². The molecular weight excluding hydrogens is 444 g/mol. The van der Waals surface area contributed by atoms with Crippen LogP contribution in [0.5, 0.6) is 11.5 Å². The maximum absolute atomic E-state index is 9.39. The molecule has 0 spiro atoms. The molecule has 0 aliphatic heterocycles. The third kappa shape index (κ3) is 6.11. The number of aliphatic hydroxyl groups is 2. The summed E-state index contributed by atoms with van der Waals surface area (Å²) < 4.78 is 12.2. The van der Waals surface area contributed by atoms with Crippen LogP contribution >= 0.6 is 27.5 Å². The third-order valence-corrected chi connectivity index (χ3v) is 5.82. The molecule has 154 valence electrons. The summed E-state index contributed by atoms with van der Waals surface area (Å²) in [7, 11) is 0. The molecule has 6 heteroatoms. The van der Waals surface area contributed by atoms with Crippen LogP contribution in [0.2, 0.25) is 0 Å². The second-order valence-corrected chi connectivity index (χ2v) is 8.68. The van der Waals surface area contributed by atoms with Crippen molar-refractivity contribution in [1.29, 1.82) is 0 Å². The average molecular weight is 472 g/mol. The first-order valence-electron chi connectivity index (χ1n) is 9.29. The molecule has 0 aliphatic carbocycles. The topological polar surface area (TPSA) is 58.9 Å². The summed E-state index contributed by atoms with van der Waals surface area (Å²) in [5.74, 6) is 2.33. The molecular formula is C22H28BrClO4. The molecule has 2 N–H and O–H groups in total. The van der Waals surface area contributed by atoms with Crippen molar-refractivity contribution < 1.29 is 19.7 Å². The summed E-state index contributed by atoms with van der Waals surface area (Å²) in [6.45, 7) is 6.71. The molecule has 0 saturated heterocycles. The van der Waals surface area contributed by atoms with E-state index in [2.05, 4.69) is 48.8 Å². The first-order chi connectivity index (χ1) is 13.3. The van der Waals surface area contributed by atoms with Crippen LogP contribution in [-0.2, 0) is 5.41 Å². The van der Waals surface area contributed by atoms with Crippen molar-refractivity contribution in [2.45, 2.75) is 32.3 Å². The molecule has 2 aromatic carbocycles. The van der Waals surface area contributed by atoms with Gasteiger partial charge in [-0.1, -0.05) is 39.0 Å². The fourth-order valence-corrected chi connectivity index (χ4v) is 3.25. The predicted octanol–water partition coefficient (Wildman–Crippen LogP) is 4.76. The number of alkyl halides is 1. The zero-order valence-corrected chi connectivity index (χ0v) is 18.8. The highest BCUT2D eigenvalue weighted by atomic mass is 79.9. The van der Waals surface area contributed by atoms with Gasteiger partial charge in [-0.25, -0.2) is 0 Å². The first kappa shape index (κ1) is 23.0. The maximum atomic E-state index is 9.39. The summed E-state index contributed by atoms with van der Waals surface area (Å²) in [6, 6.07) is 13.9. The van der Waals surface area contributed by atoms with E-state index in [9.17, 15) is 5.11 Å². The van der Waals surface area contributed by atoms with Crippen molar-refractivity contribution in [3.8, 4) is 11.5 Å². The number of halogens is 2. The normalized spacial score (nSPS) is 13.8. The van der Waals surface area contributed by atoms with Crippen LogP contribution in [0, 0.1) is 5.92 Å². The Morgan fingerprint density at radius 2 is 1.68 bits per heavy atom. The van der Waals surface area contributed by atoms with Crippen molar-refractivity contribution >= 4 is 27.5 Å². The van der Waals surface area contributed by atoms with Gasteiger partial charge in [0.1, 0.15) is 24.2 Å². The highest BCUT2D eigenvalue weighted by Gasteiger charge is 2.24. The SMILES string of the molecule is CC(CCl)COc1ccc(C(C)(C)c2ccc(OCC(O)CO)cc2)cc1Br. The Kier molecular flexibility index (Phi) is 8.62. The minimum absolute atomic E-state index is 0.0655. The van der Waals surface area contributed by atoms with E-state index in [1.807, 2.05) is 30.3 Å². The van der Waals surface area contributed by atoms with Crippen LogP contribution in [0.15, 0.2) is 46.9 Å². The number of aliphatic hydroxyl groups excluding tert-OH is 2. The number of hydrogen-bond donors (Lipinski definition) is 2. The van der Waals surface area contributed by atoms with E-state index < -0.39 is 6.10 Å². The largest absolute Gasteiger partial charge is 0.492 e. The van der Waals surface area contributed by atoms with Gasteiger partial charge in [0.25, 0.3) is 0 Å². The number of rotatable bonds is 10. The summed E-state index contributed by atoms with van der Waals surface area (Å²) in [5.41, 5.74) is 2.08. The molecule has 4 nitrogen and oxygen atoms in total. The van der Waals surface area contributed by atoms with Gasteiger partial charge in [0.2, 0.25) is 0 Å². The zero-order chi connectivity index (χ0) is 20.7. The lowest BCUT2D eigenvalue weighted by Crippen LogP contribution is -2.21. The monoisotopic (exact) mass is 470 g/mol. The Bertz CT molecular complexity index is 749. The van der Waals surface area contributed by atoms with Gasteiger partial charge in [-0.3, -0.25) is 0 Å². The third-order valence-electron chi connectivity index (χ3n) is 4.67. The van der Waals surface area contributed by atoms with Crippen LogP contribution in [0.1, 0.15) is 31.9 Å². The standard InChI is InChI=1S/C22H28BrClO4/c1-15(11-24)13-28-21-9-6-17(10-20(21)23)22(2,3)16-4-7-19(8-5-16)27-14-18(26)12-25/h4-10,15,18,25-26H,11-14H2,1-3H3. The van der Waals surface area contributed by atoms with Crippen molar-refractivity contribution in [2.24, 2.45) is 5.92 Å². The van der Waals surface area contributed by atoms with Gasteiger partial charge in [0.05, 0.1) is 17.7 Å². The van der Waals surface area contributed by atoms with Gasteiger partial charge in [-0.2, -0.15) is 0 Å². The smallest absolute Gasteiger partial charge is 0.133 e. The van der Waals surface area contributed by atoms with E-state index in [4.69, 9.17) is 26.2 Å². The van der Waals surface area contributed by atoms with E-state index in [0.717, 1.165) is 21.3 Å². The molecule has 0 amide bonds. The molecule has 2 unspecified atom stereocenters. The second-order valence-electron chi connectivity index (χ2n) is 7.51. The highest BCUT2D eigenvalue weighted by Crippen LogP contribution is 2.36. The minimum Gasteiger partial charge on any atom is -0.492 e. The van der Waals surface area contributed by atoms with Crippen LogP contribution < -0.4 is 9.47 Å². The second kappa shape index (κ2) is 10.5. The molecule has 0 aliphatic rings. The summed E-state index contributed by atoms with van der Waals surface area (Å²) in [4.78, 5) is 0. The molecule has 0 radical (unpaired) electrons. The van der Waals surface area contributed by atoms with Crippen molar-refractivity contribution in [2.75, 3.05) is 25.7 Å². The number of hydrogen-bond acceptors (Lipinski definition) is 4. The van der Waals surface area contributed by atoms with E-state index >= 15 is 0 Å². The average Bonchev–Trinajstić information content (AvgIpc) is 2.70. The Morgan fingerprint density at radius 1 is 1.04 bits per heavy atom. The Labute approximate surface area is 180 Å². The first-order valence-corrected chi connectivity index (χ1v) is 10.6. The van der Waals surface area contributed by atoms with Gasteiger partial charge >= 0.3 is 0 Å². The molecule has 0 heterocycles. The van der Waals surface area contributed by atoms with Gasteiger partial charge in [-0.15, -0.1) is 11.6 Å². The Morgan fingerprint density at radius 3 is 2.25 bits per heavy atom. The van der Waals surface area contributed by atoms with E-state index in [-0.39, 0.29) is 18.6 Å². The molecule has 0 fully saturated rings. The number of benzene rings is 2. The Balaban J connectivity index is 2.11. The van der Waals surface area contributed by atoms with Gasteiger partial charge in [-0.05, 0) is 51.3 Å². The van der Waals surface area contributed by atoms with Crippen molar-refractivity contribution in [3.05, 3.63) is 58.1 Å². The highest BCUT2D eigenvalue weighted by molar-refractivity contribution is 9.10. The lowest BCUT2D eigenvalue weighted by atomic mass is 9.78. The maximum Gasteiger partial charge on any atom is 0.133 e. The van der Waals surface area contributed by atoms with E-state index in [1.54, 1.807) is 0 Å². The van der Waals surface area contributed by atoms with E-state index in [0.29, 0.717) is 24.2 Å². The van der Waals surface area contributed by atoms with E-state index in [1.165, 1.54) is 0 Å². The molecule has 0 aromatic heterocycles. The molecule has 2 atom stereocenters. The minimum atomic E-state index is -0.873. The van der Waals surface area contributed by atoms with Crippen LogP contribution in [0.3, 0.4) is 0 Å². The van der Waals surface area contributed by atoms with Crippen LogP contribution in [-0.4, -0.2) is 42.0 Å². The zero-order valence-electron chi connectivity index (χ0n) is 16.5. The van der Waals surface area contributed by atoms with Gasteiger partial charge in [0, 0.05) is 17.2 Å². The fourth-order valence-electron chi connectivity index (χ4n) is 2.66.